The van der Waals surface area contributed by atoms with Gasteiger partial charge in [0.25, 0.3) is 0 Å². The van der Waals surface area contributed by atoms with Gasteiger partial charge in [0.1, 0.15) is 0 Å². The summed E-state index contributed by atoms with van der Waals surface area (Å²) in [7, 11) is -3.33. The van der Waals surface area contributed by atoms with Crippen molar-refractivity contribution in [2.45, 2.75) is 25.7 Å². The van der Waals surface area contributed by atoms with Crippen LogP contribution < -0.4 is 0 Å². The molecule has 23 heavy (non-hydrogen) atoms. The lowest BCUT2D eigenvalue weighted by Crippen LogP contribution is -2.36. The fourth-order valence-corrected chi connectivity index (χ4v) is 3.79. The summed E-state index contributed by atoms with van der Waals surface area (Å²) in [6.07, 6.45) is 4.08. The Bertz CT molecular complexity index is 642. The molecule has 0 aromatic heterocycles. The van der Waals surface area contributed by atoms with E-state index >= 15 is 0 Å². The van der Waals surface area contributed by atoms with Crippen molar-refractivity contribution in [1.82, 2.24) is 9.21 Å². The predicted molar refractivity (Wildman–Crippen MR) is 92.0 cm³/mol. The molecule has 1 saturated heterocycles. The van der Waals surface area contributed by atoms with Crippen molar-refractivity contribution in [2.75, 3.05) is 32.4 Å². The monoisotopic (exact) mass is 358 g/mol. The zero-order valence-corrected chi connectivity index (χ0v) is 14.9. The topological polar surface area (TPSA) is 57.7 Å². The molecule has 128 valence electrons. The predicted octanol–water partition coefficient (Wildman–Crippen LogP) is 2.16. The highest BCUT2D eigenvalue weighted by Crippen LogP contribution is 2.13. The maximum absolute atomic E-state index is 12.1. The van der Waals surface area contributed by atoms with E-state index in [0.29, 0.717) is 18.0 Å². The first-order valence-corrected chi connectivity index (χ1v) is 10.1. The van der Waals surface area contributed by atoms with E-state index in [1.807, 2.05) is 23.1 Å². The summed E-state index contributed by atoms with van der Waals surface area (Å²) in [5, 5.41) is 0.637. The minimum absolute atomic E-state index is 0.0407. The highest BCUT2D eigenvalue weighted by atomic mass is 35.5. The quantitative estimate of drug-likeness (QED) is 0.750. The van der Waals surface area contributed by atoms with Crippen molar-refractivity contribution >= 4 is 27.5 Å². The van der Waals surface area contributed by atoms with Gasteiger partial charge in [0.2, 0.25) is 15.9 Å². The average Bonchev–Trinajstić information content (AvgIpc) is 3.00. The highest BCUT2D eigenvalue weighted by molar-refractivity contribution is 7.88. The number of hydrogen-bond donors (Lipinski definition) is 0. The molecular formula is C16H23ClN2O3S. The van der Waals surface area contributed by atoms with Crippen molar-refractivity contribution in [3.63, 3.8) is 0 Å². The number of sulfonamides is 1. The summed E-state index contributed by atoms with van der Waals surface area (Å²) in [5.41, 5.74) is 0.983. The zero-order valence-electron chi connectivity index (χ0n) is 13.4. The van der Waals surface area contributed by atoms with Gasteiger partial charge < -0.3 is 4.90 Å². The number of nitrogens with zero attached hydrogens (tertiary/aromatic N) is 2. The van der Waals surface area contributed by atoms with E-state index in [2.05, 4.69) is 0 Å². The number of likely N-dealkylation sites (tertiary alicyclic amines) is 1. The second-order valence-electron chi connectivity index (χ2n) is 5.88. The van der Waals surface area contributed by atoms with Crippen LogP contribution in [0, 0.1) is 0 Å². The SMILES string of the molecule is CS(=O)(=O)N(CCC(=O)N1CCCC1)CCc1cccc(Cl)c1. The molecule has 0 spiro atoms. The molecule has 0 N–H and O–H groups in total. The molecule has 1 aromatic carbocycles. The van der Waals surface area contributed by atoms with Gasteiger partial charge in [0, 0.05) is 37.6 Å². The smallest absolute Gasteiger partial charge is 0.223 e. The molecule has 1 heterocycles. The van der Waals surface area contributed by atoms with Gasteiger partial charge in [-0.05, 0) is 37.0 Å². The van der Waals surface area contributed by atoms with Gasteiger partial charge in [0.05, 0.1) is 6.26 Å². The molecule has 0 radical (unpaired) electrons. The van der Waals surface area contributed by atoms with E-state index in [9.17, 15) is 13.2 Å². The second kappa shape index (κ2) is 8.13. The average molecular weight is 359 g/mol. The zero-order chi connectivity index (χ0) is 16.9. The molecule has 5 nitrogen and oxygen atoms in total. The van der Waals surface area contributed by atoms with Crippen molar-refractivity contribution < 1.29 is 13.2 Å². The van der Waals surface area contributed by atoms with E-state index in [0.717, 1.165) is 31.5 Å². The Morgan fingerprint density at radius 3 is 2.57 bits per heavy atom. The number of carbonyl (C=O) groups excluding carboxylic acids is 1. The standard InChI is InChI=1S/C16H23ClN2O3S/c1-23(21,22)19(11-7-14-5-4-6-15(17)13-14)12-8-16(20)18-9-2-3-10-18/h4-6,13H,2-3,7-12H2,1H3. The highest BCUT2D eigenvalue weighted by Gasteiger charge is 2.21. The number of halogens is 1. The molecule has 0 saturated carbocycles. The van der Waals surface area contributed by atoms with E-state index in [-0.39, 0.29) is 18.9 Å². The molecule has 1 aliphatic heterocycles. The third-order valence-electron chi connectivity index (χ3n) is 4.04. The van der Waals surface area contributed by atoms with Crippen molar-refractivity contribution in [3.05, 3.63) is 34.9 Å². The van der Waals surface area contributed by atoms with Gasteiger partial charge in [-0.15, -0.1) is 0 Å². The van der Waals surface area contributed by atoms with E-state index in [1.54, 1.807) is 6.07 Å². The van der Waals surface area contributed by atoms with Gasteiger partial charge in [-0.25, -0.2) is 12.7 Å². The van der Waals surface area contributed by atoms with Crippen LogP contribution in [0.3, 0.4) is 0 Å². The first kappa shape index (κ1) is 18.2. The lowest BCUT2D eigenvalue weighted by Gasteiger charge is -2.21. The minimum Gasteiger partial charge on any atom is -0.343 e. The van der Waals surface area contributed by atoms with Crippen molar-refractivity contribution in [2.24, 2.45) is 0 Å². The van der Waals surface area contributed by atoms with Crippen LogP contribution in [0.1, 0.15) is 24.8 Å². The maximum atomic E-state index is 12.1. The molecule has 1 aromatic rings. The van der Waals surface area contributed by atoms with E-state index < -0.39 is 10.0 Å². The van der Waals surface area contributed by atoms with Gasteiger partial charge in [-0.3, -0.25) is 4.79 Å². The molecule has 1 fully saturated rings. The van der Waals surface area contributed by atoms with Crippen LogP contribution in [0.2, 0.25) is 5.02 Å². The van der Waals surface area contributed by atoms with E-state index in [4.69, 9.17) is 11.6 Å². The summed E-state index contributed by atoms with van der Waals surface area (Å²) in [5.74, 6) is 0.0407. The molecule has 0 bridgehead atoms. The largest absolute Gasteiger partial charge is 0.343 e. The third kappa shape index (κ3) is 5.79. The Kier molecular flexibility index (Phi) is 6.44. The minimum atomic E-state index is -3.33. The molecular weight excluding hydrogens is 336 g/mol. The first-order chi connectivity index (χ1) is 10.9. The number of amides is 1. The fourth-order valence-electron chi connectivity index (χ4n) is 2.73. The fraction of sp³-hybridized carbons (Fsp3) is 0.562. The second-order valence-corrected chi connectivity index (χ2v) is 8.30. The third-order valence-corrected chi connectivity index (χ3v) is 5.58. The summed E-state index contributed by atoms with van der Waals surface area (Å²) in [6.45, 7) is 2.17. The molecule has 2 rings (SSSR count). The Balaban J connectivity index is 1.90. The number of rotatable bonds is 7. The van der Waals surface area contributed by atoms with Gasteiger partial charge in [-0.1, -0.05) is 23.7 Å². The van der Waals surface area contributed by atoms with Crippen LogP contribution >= 0.6 is 11.6 Å². The molecule has 1 amide bonds. The molecule has 0 unspecified atom stereocenters. The normalized spacial score (nSPS) is 15.3. The van der Waals surface area contributed by atoms with Crippen molar-refractivity contribution in [3.8, 4) is 0 Å². The Morgan fingerprint density at radius 2 is 1.96 bits per heavy atom. The van der Waals surface area contributed by atoms with Crippen molar-refractivity contribution in [1.29, 1.82) is 0 Å². The summed E-state index contributed by atoms with van der Waals surface area (Å²) < 4.78 is 25.2. The van der Waals surface area contributed by atoms with Gasteiger partial charge in [-0.2, -0.15) is 0 Å². The summed E-state index contributed by atoms with van der Waals surface area (Å²) >= 11 is 5.94. The summed E-state index contributed by atoms with van der Waals surface area (Å²) in [6, 6.07) is 7.38. The van der Waals surface area contributed by atoms with Crippen LogP contribution in [-0.4, -0.2) is 56.0 Å². The molecule has 1 aliphatic rings. The Morgan fingerprint density at radius 1 is 1.26 bits per heavy atom. The van der Waals surface area contributed by atoms with Gasteiger partial charge in [0.15, 0.2) is 0 Å². The molecule has 7 heteroatoms. The Hall–Kier alpha value is -1.11. The van der Waals surface area contributed by atoms with Gasteiger partial charge >= 0.3 is 0 Å². The number of benzene rings is 1. The Labute approximate surface area is 143 Å². The van der Waals surface area contributed by atoms with E-state index in [1.165, 1.54) is 10.6 Å². The van der Waals surface area contributed by atoms with Crippen LogP contribution in [-0.2, 0) is 21.2 Å². The molecule has 0 atom stereocenters. The summed E-state index contributed by atoms with van der Waals surface area (Å²) in [4.78, 5) is 13.9. The maximum Gasteiger partial charge on any atom is 0.223 e. The number of carbonyl (C=O) groups is 1. The van der Waals surface area contributed by atoms with Crippen LogP contribution in [0.5, 0.6) is 0 Å². The lowest BCUT2D eigenvalue weighted by molar-refractivity contribution is -0.130. The van der Waals surface area contributed by atoms with Crippen LogP contribution in [0.4, 0.5) is 0 Å². The number of hydrogen-bond acceptors (Lipinski definition) is 3. The molecule has 0 aliphatic carbocycles. The van der Waals surface area contributed by atoms with Crippen LogP contribution in [0.25, 0.3) is 0 Å². The lowest BCUT2D eigenvalue weighted by atomic mass is 10.1. The van der Waals surface area contributed by atoms with Crippen LogP contribution in [0.15, 0.2) is 24.3 Å². The first-order valence-electron chi connectivity index (χ1n) is 7.83.